The molecule has 1 amide bonds. The Morgan fingerprint density at radius 1 is 1.43 bits per heavy atom. The maximum Gasteiger partial charge on any atom is 0.222 e. The smallest absolute Gasteiger partial charge is 0.222 e. The Kier molecular flexibility index (Phi) is 5.74. The standard InChI is InChI=1S/C17H25FN2O/c1-13(15-6-8-19-9-7-15)10-17(21)20(2)12-14-4-3-5-16(18)11-14/h3-5,11,13,15,19H,6-10,12H2,1-2H3. The third-order valence-corrected chi connectivity index (χ3v) is 4.42. The third-order valence-electron chi connectivity index (χ3n) is 4.42. The molecule has 3 nitrogen and oxygen atoms in total. The average molecular weight is 292 g/mol. The number of piperidine rings is 1. The Morgan fingerprint density at radius 3 is 2.81 bits per heavy atom. The van der Waals surface area contributed by atoms with E-state index in [9.17, 15) is 9.18 Å². The minimum absolute atomic E-state index is 0.144. The zero-order valence-electron chi connectivity index (χ0n) is 12.9. The molecule has 1 atom stereocenters. The molecule has 1 heterocycles. The second-order valence-electron chi connectivity index (χ2n) is 6.15. The van der Waals surface area contributed by atoms with Crippen LogP contribution >= 0.6 is 0 Å². The highest BCUT2D eigenvalue weighted by atomic mass is 19.1. The van der Waals surface area contributed by atoms with Crippen LogP contribution in [0.15, 0.2) is 24.3 Å². The van der Waals surface area contributed by atoms with Gasteiger partial charge in [-0.2, -0.15) is 0 Å². The van der Waals surface area contributed by atoms with E-state index in [0.717, 1.165) is 31.5 Å². The van der Waals surface area contributed by atoms with Gasteiger partial charge in [0.25, 0.3) is 0 Å². The maximum atomic E-state index is 13.2. The zero-order chi connectivity index (χ0) is 15.2. The number of nitrogens with one attached hydrogen (secondary N) is 1. The van der Waals surface area contributed by atoms with Crippen LogP contribution < -0.4 is 5.32 Å². The normalized spacial score (nSPS) is 17.5. The highest BCUT2D eigenvalue weighted by Gasteiger charge is 2.23. The fourth-order valence-electron chi connectivity index (χ4n) is 3.01. The summed E-state index contributed by atoms with van der Waals surface area (Å²) in [4.78, 5) is 14.0. The summed E-state index contributed by atoms with van der Waals surface area (Å²) in [6.45, 7) is 4.75. The first-order chi connectivity index (χ1) is 10.1. The Hall–Kier alpha value is -1.42. The summed E-state index contributed by atoms with van der Waals surface area (Å²) in [7, 11) is 1.79. The molecule has 0 aromatic heterocycles. The number of hydrogen-bond acceptors (Lipinski definition) is 2. The number of amides is 1. The van der Waals surface area contributed by atoms with Crippen molar-refractivity contribution in [1.29, 1.82) is 0 Å². The van der Waals surface area contributed by atoms with E-state index in [1.165, 1.54) is 12.1 Å². The predicted molar refractivity (Wildman–Crippen MR) is 82.2 cm³/mol. The van der Waals surface area contributed by atoms with E-state index in [-0.39, 0.29) is 11.7 Å². The highest BCUT2D eigenvalue weighted by molar-refractivity contribution is 5.76. The summed E-state index contributed by atoms with van der Waals surface area (Å²) >= 11 is 0. The molecule has 21 heavy (non-hydrogen) atoms. The molecule has 1 unspecified atom stereocenters. The van der Waals surface area contributed by atoms with Crippen molar-refractivity contribution < 1.29 is 9.18 Å². The van der Waals surface area contributed by atoms with Gasteiger partial charge in [-0.15, -0.1) is 0 Å². The van der Waals surface area contributed by atoms with E-state index in [1.54, 1.807) is 18.0 Å². The number of rotatable bonds is 5. The number of halogens is 1. The first-order valence-corrected chi connectivity index (χ1v) is 7.75. The van der Waals surface area contributed by atoms with Crippen LogP contribution in [0.2, 0.25) is 0 Å². The SMILES string of the molecule is CC(CC(=O)N(C)Cc1cccc(F)c1)C1CCNCC1. The summed E-state index contributed by atoms with van der Waals surface area (Å²) in [5.74, 6) is 0.939. The Bertz CT molecular complexity index is 472. The van der Waals surface area contributed by atoms with Crippen LogP contribution in [0, 0.1) is 17.7 Å². The van der Waals surface area contributed by atoms with Crippen LogP contribution in [-0.4, -0.2) is 30.9 Å². The lowest BCUT2D eigenvalue weighted by Gasteiger charge is -2.29. The molecule has 1 aliphatic heterocycles. The van der Waals surface area contributed by atoms with Crippen molar-refractivity contribution in [3.8, 4) is 0 Å². The molecule has 1 saturated heterocycles. The van der Waals surface area contributed by atoms with Gasteiger partial charge < -0.3 is 10.2 Å². The molecule has 2 rings (SSSR count). The van der Waals surface area contributed by atoms with Crippen LogP contribution in [-0.2, 0) is 11.3 Å². The van der Waals surface area contributed by atoms with Crippen molar-refractivity contribution >= 4 is 5.91 Å². The van der Waals surface area contributed by atoms with Gasteiger partial charge in [0.2, 0.25) is 5.91 Å². The van der Waals surface area contributed by atoms with E-state index in [1.807, 2.05) is 6.07 Å². The molecule has 0 spiro atoms. The highest BCUT2D eigenvalue weighted by Crippen LogP contribution is 2.25. The lowest BCUT2D eigenvalue weighted by atomic mass is 9.84. The van der Waals surface area contributed by atoms with Crippen molar-refractivity contribution in [1.82, 2.24) is 10.2 Å². The van der Waals surface area contributed by atoms with Crippen molar-refractivity contribution in [3.63, 3.8) is 0 Å². The van der Waals surface area contributed by atoms with E-state index in [2.05, 4.69) is 12.2 Å². The first-order valence-electron chi connectivity index (χ1n) is 7.75. The summed E-state index contributed by atoms with van der Waals surface area (Å²) in [5, 5.41) is 3.35. The van der Waals surface area contributed by atoms with Gasteiger partial charge in [0.15, 0.2) is 0 Å². The number of nitrogens with zero attached hydrogens (tertiary/aromatic N) is 1. The number of carbonyl (C=O) groups excluding carboxylic acids is 1. The molecule has 1 aromatic carbocycles. The minimum atomic E-state index is -0.253. The van der Waals surface area contributed by atoms with Crippen molar-refractivity contribution in [2.24, 2.45) is 11.8 Å². The van der Waals surface area contributed by atoms with Gasteiger partial charge in [-0.25, -0.2) is 4.39 Å². The van der Waals surface area contributed by atoms with Gasteiger partial charge in [0, 0.05) is 20.0 Å². The lowest BCUT2D eigenvalue weighted by Crippen LogP contribution is -2.34. The molecule has 116 valence electrons. The molecule has 0 bridgehead atoms. The second-order valence-corrected chi connectivity index (χ2v) is 6.15. The topological polar surface area (TPSA) is 32.3 Å². The van der Waals surface area contributed by atoms with Crippen molar-refractivity contribution in [2.75, 3.05) is 20.1 Å². The third kappa shape index (κ3) is 4.81. The fourth-order valence-corrected chi connectivity index (χ4v) is 3.01. The Labute approximate surface area is 126 Å². The quantitative estimate of drug-likeness (QED) is 0.905. The molecule has 4 heteroatoms. The Morgan fingerprint density at radius 2 is 2.14 bits per heavy atom. The molecule has 1 aromatic rings. The van der Waals surface area contributed by atoms with Gasteiger partial charge in [0.1, 0.15) is 5.82 Å². The fraction of sp³-hybridized carbons (Fsp3) is 0.588. The molecular formula is C17H25FN2O. The van der Waals surface area contributed by atoms with Gasteiger partial charge in [-0.1, -0.05) is 19.1 Å². The Balaban J connectivity index is 1.84. The molecule has 0 radical (unpaired) electrons. The average Bonchev–Trinajstić information content (AvgIpc) is 2.48. The van der Waals surface area contributed by atoms with Gasteiger partial charge >= 0.3 is 0 Å². The summed E-state index contributed by atoms with van der Waals surface area (Å²) in [6.07, 6.45) is 2.89. The van der Waals surface area contributed by atoms with E-state index in [0.29, 0.717) is 24.8 Å². The molecule has 0 aliphatic carbocycles. The first kappa shape index (κ1) is 16.0. The second kappa shape index (κ2) is 7.55. The maximum absolute atomic E-state index is 13.2. The van der Waals surface area contributed by atoms with E-state index >= 15 is 0 Å². The van der Waals surface area contributed by atoms with Crippen LogP contribution in [0.5, 0.6) is 0 Å². The van der Waals surface area contributed by atoms with Crippen molar-refractivity contribution in [3.05, 3.63) is 35.6 Å². The number of carbonyl (C=O) groups is 1. The monoisotopic (exact) mass is 292 g/mol. The van der Waals surface area contributed by atoms with Crippen LogP contribution in [0.3, 0.4) is 0 Å². The number of hydrogen-bond donors (Lipinski definition) is 1. The molecule has 1 N–H and O–H groups in total. The van der Waals surface area contributed by atoms with Gasteiger partial charge in [0.05, 0.1) is 0 Å². The molecule has 1 aliphatic rings. The largest absolute Gasteiger partial charge is 0.341 e. The molecule has 0 saturated carbocycles. The lowest BCUT2D eigenvalue weighted by molar-refractivity contribution is -0.131. The van der Waals surface area contributed by atoms with Crippen LogP contribution in [0.25, 0.3) is 0 Å². The predicted octanol–water partition coefficient (Wildman–Crippen LogP) is 2.81. The van der Waals surface area contributed by atoms with Crippen LogP contribution in [0.1, 0.15) is 31.7 Å². The van der Waals surface area contributed by atoms with E-state index in [4.69, 9.17) is 0 Å². The van der Waals surface area contributed by atoms with E-state index < -0.39 is 0 Å². The molecular weight excluding hydrogens is 267 g/mol. The van der Waals surface area contributed by atoms with Gasteiger partial charge in [-0.3, -0.25) is 4.79 Å². The summed E-state index contributed by atoms with van der Waals surface area (Å²) in [5.41, 5.74) is 0.834. The minimum Gasteiger partial charge on any atom is -0.341 e. The number of benzene rings is 1. The molecule has 1 fully saturated rings. The zero-order valence-corrected chi connectivity index (χ0v) is 12.9. The summed E-state index contributed by atoms with van der Waals surface area (Å²) < 4.78 is 13.2. The van der Waals surface area contributed by atoms with Crippen molar-refractivity contribution in [2.45, 2.75) is 32.7 Å². The summed E-state index contributed by atoms with van der Waals surface area (Å²) in [6, 6.07) is 6.44. The van der Waals surface area contributed by atoms with Crippen LogP contribution in [0.4, 0.5) is 4.39 Å². The van der Waals surface area contributed by atoms with Gasteiger partial charge in [-0.05, 0) is 55.5 Å².